The Balaban J connectivity index is 0.000000156. The molecule has 3 fully saturated rings. The Kier molecular flexibility index (Phi) is 7.81. The van der Waals surface area contributed by atoms with Crippen molar-refractivity contribution in [1.82, 2.24) is 14.1 Å². The summed E-state index contributed by atoms with van der Waals surface area (Å²) in [7, 11) is -2.07. The second-order valence-corrected chi connectivity index (χ2v) is 13.9. The van der Waals surface area contributed by atoms with Gasteiger partial charge in [-0.3, -0.25) is 8.98 Å². The zero-order valence-electron chi connectivity index (χ0n) is 25.8. The molecule has 3 saturated heterocycles. The quantitative estimate of drug-likeness (QED) is 0.444. The molecule has 1 aromatic carbocycles. The third-order valence-electron chi connectivity index (χ3n) is 8.61. The van der Waals surface area contributed by atoms with Crippen LogP contribution in [0.3, 0.4) is 0 Å². The van der Waals surface area contributed by atoms with Gasteiger partial charge in [-0.1, -0.05) is 18.2 Å². The largest absolute Gasteiger partial charge is 0.347 e. The number of rotatable bonds is 5. The minimum absolute atomic E-state index is 0.0474. The third kappa shape index (κ3) is 5.85. The SMILES string of the molecule is CC1(C)O[C@@H]2[C@@H](CO[C@@]3(COS(N)(=O)=O)OC(C)(C)O[C@@H]23)O1.Cc1nccn1CC1CCc2c(c3ccccc3n2C)C1=O. The van der Waals surface area contributed by atoms with Gasteiger partial charge in [-0.2, -0.15) is 8.42 Å². The Morgan fingerprint density at radius 3 is 2.57 bits per heavy atom. The molecule has 1 aliphatic carbocycles. The first-order valence-corrected chi connectivity index (χ1v) is 16.2. The molecule has 1 unspecified atom stereocenters. The van der Waals surface area contributed by atoms with E-state index in [9.17, 15) is 13.2 Å². The van der Waals surface area contributed by atoms with Crippen molar-refractivity contribution in [3.63, 3.8) is 0 Å². The van der Waals surface area contributed by atoms with Crippen molar-refractivity contribution >= 4 is 27.0 Å². The van der Waals surface area contributed by atoms with Crippen molar-refractivity contribution in [2.24, 2.45) is 18.1 Å². The molecule has 0 radical (unpaired) electrons. The lowest BCUT2D eigenvalue weighted by Crippen LogP contribution is -2.60. The van der Waals surface area contributed by atoms with Crippen LogP contribution in [0, 0.1) is 12.8 Å². The van der Waals surface area contributed by atoms with E-state index >= 15 is 0 Å². The third-order valence-corrected chi connectivity index (χ3v) is 9.06. The number of hydrogen-bond donors (Lipinski definition) is 1. The topological polar surface area (TPSA) is 155 Å². The Morgan fingerprint density at radius 2 is 1.86 bits per heavy atom. The number of carbonyl (C=O) groups is 1. The molecule has 240 valence electrons. The molecule has 3 aliphatic heterocycles. The maximum absolute atomic E-state index is 13.0. The first-order valence-electron chi connectivity index (χ1n) is 14.7. The summed E-state index contributed by atoms with van der Waals surface area (Å²) in [4.78, 5) is 17.3. The smallest absolute Gasteiger partial charge is 0.333 e. The monoisotopic (exact) mass is 632 g/mol. The molecule has 0 amide bonds. The minimum atomic E-state index is -4.14. The predicted octanol–water partition coefficient (Wildman–Crippen LogP) is 2.73. The van der Waals surface area contributed by atoms with Crippen molar-refractivity contribution < 1.29 is 41.1 Å². The van der Waals surface area contributed by atoms with Gasteiger partial charge in [0.05, 0.1) is 6.61 Å². The zero-order chi connectivity index (χ0) is 31.7. The van der Waals surface area contributed by atoms with Gasteiger partial charge in [0.15, 0.2) is 17.4 Å². The highest BCUT2D eigenvalue weighted by Gasteiger charge is 2.65. The van der Waals surface area contributed by atoms with E-state index in [1.165, 1.54) is 5.69 Å². The lowest BCUT2D eigenvalue weighted by Gasteiger charge is -2.40. The highest BCUT2D eigenvalue weighted by molar-refractivity contribution is 7.84. The molecule has 2 N–H and O–H groups in total. The van der Waals surface area contributed by atoms with Gasteiger partial charge in [0.1, 0.15) is 30.7 Å². The fourth-order valence-electron chi connectivity index (χ4n) is 6.78. The molecule has 3 aromatic rings. The second kappa shape index (κ2) is 11.0. The fourth-order valence-corrected chi connectivity index (χ4v) is 7.11. The van der Waals surface area contributed by atoms with E-state index in [-0.39, 0.29) is 24.4 Å². The molecule has 0 bridgehead atoms. The van der Waals surface area contributed by atoms with Gasteiger partial charge in [-0.25, -0.2) is 10.1 Å². The lowest BCUT2D eigenvalue weighted by atomic mass is 9.85. The Bertz CT molecular complexity index is 1680. The van der Waals surface area contributed by atoms with Crippen molar-refractivity contribution in [1.29, 1.82) is 0 Å². The molecule has 0 spiro atoms. The average Bonchev–Trinajstić information content (AvgIpc) is 3.65. The number of Topliss-reactive ketones (excluding diaryl/α,β-unsaturated/α-hetero) is 1. The van der Waals surface area contributed by atoms with E-state index in [1.807, 2.05) is 25.3 Å². The molecular weight excluding hydrogens is 592 g/mol. The van der Waals surface area contributed by atoms with Crippen LogP contribution < -0.4 is 5.14 Å². The van der Waals surface area contributed by atoms with Gasteiger partial charge in [-0.15, -0.1) is 0 Å². The predicted molar refractivity (Wildman–Crippen MR) is 158 cm³/mol. The van der Waals surface area contributed by atoms with Gasteiger partial charge < -0.3 is 32.8 Å². The van der Waals surface area contributed by atoms with Crippen molar-refractivity contribution in [2.45, 2.75) is 89.7 Å². The van der Waals surface area contributed by atoms with Gasteiger partial charge in [0.2, 0.25) is 5.79 Å². The molecule has 5 heterocycles. The van der Waals surface area contributed by atoms with Crippen molar-refractivity contribution in [2.75, 3.05) is 13.2 Å². The first kappa shape index (κ1) is 31.3. The molecular formula is C30H40N4O9S. The highest BCUT2D eigenvalue weighted by atomic mass is 32.2. The van der Waals surface area contributed by atoms with Crippen LogP contribution in [0.1, 0.15) is 56.0 Å². The molecule has 44 heavy (non-hydrogen) atoms. The maximum atomic E-state index is 13.0. The Labute approximate surface area is 256 Å². The van der Waals surface area contributed by atoms with E-state index in [1.54, 1.807) is 33.9 Å². The summed E-state index contributed by atoms with van der Waals surface area (Å²) < 4.78 is 60.2. The summed E-state index contributed by atoms with van der Waals surface area (Å²) in [5.41, 5.74) is 3.28. The minimum Gasteiger partial charge on any atom is -0.347 e. The highest BCUT2D eigenvalue weighted by Crippen LogP contribution is 2.47. The molecule has 7 rings (SSSR count). The van der Waals surface area contributed by atoms with Crippen LogP contribution in [-0.4, -0.2) is 77.2 Å². The number of hydrogen-bond acceptors (Lipinski definition) is 10. The van der Waals surface area contributed by atoms with E-state index in [0.29, 0.717) is 0 Å². The number of aromatic nitrogens is 3. The Hall–Kier alpha value is -2.69. The van der Waals surface area contributed by atoms with Crippen molar-refractivity contribution in [3.05, 3.63) is 53.7 Å². The normalized spacial score (nSPS) is 30.4. The fraction of sp³-hybridized carbons (Fsp3) is 0.600. The van der Waals surface area contributed by atoms with Crippen LogP contribution in [0.15, 0.2) is 36.7 Å². The van der Waals surface area contributed by atoms with Crippen LogP contribution >= 0.6 is 0 Å². The standard InChI is InChI=1S/C18H19N3O.C12H21NO8S/c1-12-19-9-10-21(12)11-13-7-8-16-17(18(13)22)14-5-3-4-6-15(14)20(16)2;1-10(2)18-7-5-16-12(6-17-22(13,14)15)9(8(7)19-10)20-11(3,4)21-12/h3-6,9-10,13H,7-8,11H2,1-2H3;7-9H,5-6H2,1-4H3,(H2,13,14,15)/t;7-,8-,9+,12+/m.1/s1. The number of benzene rings is 1. The van der Waals surface area contributed by atoms with Gasteiger partial charge in [-0.05, 0) is 53.5 Å². The van der Waals surface area contributed by atoms with Crippen LogP contribution in [0.25, 0.3) is 10.9 Å². The second-order valence-electron chi connectivity index (χ2n) is 12.7. The summed E-state index contributed by atoms with van der Waals surface area (Å²) in [6, 6.07) is 8.21. The summed E-state index contributed by atoms with van der Waals surface area (Å²) in [5, 5.41) is 5.99. The summed E-state index contributed by atoms with van der Waals surface area (Å²) in [5.74, 6) is -1.89. The van der Waals surface area contributed by atoms with E-state index in [2.05, 4.69) is 33.3 Å². The number of ether oxygens (including phenoxy) is 5. The van der Waals surface area contributed by atoms with Crippen LogP contribution in [0.5, 0.6) is 0 Å². The summed E-state index contributed by atoms with van der Waals surface area (Å²) in [6.45, 7) is 9.42. The number of nitrogens with two attached hydrogens (primary N) is 1. The number of para-hydroxylation sites is 1. The zero-order valence-corrected chi connectivity index (χ0v) is 26.6. The average molecular weight is 633 g/mol. The van der Waals surface area contributed by atoms with Gasteiger partial charge >= 0.3 is 10.3 Å². The van der Waals surface area contributed by atoms with Crippen molar-refractivity contribution in [3.8, 4) is 0 Å². The summed E-state index contributed by atoms with van der Waals surface area (Å²) in [6.07, 6.45) is 4.13. The number of ketones is 1. The number of fused-ring (bicyclic) bond motifs is 6. The van der Waals surface area contributed by atoms with E-state index in [4.69, 9.17) is 33.0 Å². The van der Waals surface area contributed by atoms with Crippen LogP contribution in [0.2, 0.25) is 0 Å². The van der Waals surface area contributed by atoms with Crippen LogP contribution in [0.4, 0.5) is 0 Å². The molecule has 14 heteroatoms. The molecule has 0 saturated carbocycles. The van der Waals surface area contributed by atoms with Gasteiger partial charge in [0.25, 0.3) is 0 Å². The molecule has 13 nitrogen and oxygen atoms in total. The summed E-state index contributed by atoms with van der Waals surface area (Å²) >= 11 is 0. The first-order chi connectivity index (χ1) is 20.6. The van der Waals surface area contributed by atoms with E-state index < -0.39 is 46.5 Å². The number of nitrogens with zero attached hydrogens (tertiary/aromatic N) is 3. The van der Waals surface area contributed by atoms with Crippen LogP contribution in [-0.2, 0) is 58.2 Å². The number of imidazole rings is 1. The molecule has 5 atom stereocenters. The van der Waals surface area contributed by atoms with Gasteiger partial charge in [0, 0.05) is 54.1 Å². The lowest BCUT2D eigenvalue weighted by molar-refractivity contribution is -0.290. The maximum Gasteiger partial charge on any atom is 0.333 e. The molecule has 2 aromatic heterocycles. The Morgan fingerprint density at radius 1 is 1.11 bits per heavy atom. The molecule has 4 aliphatic rings. The van der Waals surface area contributed by atoms with E-state index in [0.717, 1.165) is 41.7 Å². The number of aryl methyl sites for hydroxylation is 2. The number of carbonyl (C=O) groups excluding carboxylic acids is 1.